The van der Waals surface area contributed by atoms with Crippen LogP contribution < -0.4 is 10.6 Å². The summed E-state index contributed by atoms with van der Waals surface area (Å²) >= 11 is 0. The van der Waals surface area contributed by atoms with Gasteiger partial charge in [-0.2, -0.15) is 0 Å². The molecule has 0 unspecified atom stereocenters. The molecule has 2 saturated carbocycles. The second-order valence-electron chi connectivity index (χ2n) is 7.64. The average Bonchev–Trinajstić information content (AvgIpc) is 3.49. The lowest BCUT2D eigenvalue weighted by Gasteiger charge is -2.37. The number of nitrogens with zero attached hydrogens (tertiary/aromatic N) is 6. The third kappa shape index (κ3) is 3.40. The first-order valence-corrected chi connectivity index (χ1v) is 9.92. The van der Waals surface area contributed by atoms with Gasteiger partial charge in [-0.15, -0.1) is 0 Å². The van der Waals surface area contributed by atoms with Crippen LogP contribution in [-0.4, -0.2) is 31.0 Å². The van der Waals surface area contributed by atoms with Crippen LogP contribution in [0.2, 0.25) is 0 Å². The maximum absolute atomic E-state index is 5.85. The van der Waals surface area contributed by atoms with E-state index in [0.717, 1.165) is 41.9 Å². The summed E-state index contributed by atoms with van der Waals surface area (Å²) in [6.45, 7) is 0. The fourth-order valence-electron chi connectivity index (χ4n) is 3.65. The SMILES string of the molecule is Nc1ncc(-c2ccnc(N(c3ccncc3)C3CCC3)n2)c(CC2CC2)n1. The fourth-order valence-corrected chi connectivity index (χ4v) is 3.65. The highest BCUT2D eigenvalue weighted by atomic mass is 15.3. The molecule has 3 aromatic rings. The van der Waals surface area contributed by atoms with Gasteiger partial charge in [0.2, 0.25) is 11.9 Å². The van der Waals surface area contributed by atoms with Crippen LogP contribution in [0.5, 0.6) is 0 Å². The molecule has 0 aromatic carbocycles. The number of nitrogen functional groups attached to an aromatic ring is 1. The standard InChI is InChI=1S/C21H23N7/c22-20-25-13-17(19(26-20)12-14-4-5-14)18-8-11-24-21(27-18)28(15-2-1-3-15)16-6-9-23-10-7-16/h6-11,13-15H,1-5,12H2,(H2,22,25,26). The third-order valence-electron chi connectivity index (χ3n) is 5.58. The molecule has 0 bridgehead atoms. The molecule has 7 nitrogen and oxygen atoms in total. The number of hydrogen-bond donors (Lipinski definition) is 1. The number of rotatable bonds is 6. The third-order valence-corrected chi connectivity index (χ3v) is 5.58. The summed E-state index contributed by atoms with van der Waals surface area (Å²) in [6.07, 6.45) is 14.2. The Bertz CT molecular complexity index is 967. The van der Waals surface area contributed by atoms with Crippen molar-refractivity contribution in [1.82, 2.24) is 24.9 Å². The molecular formula is C21H23N7. The average molecular weight is 373 g/mol. The molecular weight excluding hydrogens is 350 g/mol. The van der Waals surface area contributed by atoms with Crippen molar-refractivity contribution >= 4 is 17.6 Å². The highest BCUT2D eigenvalue weighted by molar-refractivity contribution is 5.65. The molecule has 2 aliphatic carbocycles. The molecule has 7 heteroatoms. The predicted molar refractivity (Wildman–Crippen MR) is 108 cm³/mol. The molecule has 0 spiro atoms. The molecule has 0 amide bonds. The highest BCUT2D eigenvalue weighted by Gasteiger charge is 2.29. The largest absolute Gasteiger partial charge is 0.368 e. The van der Waals surface area contributed by atoms with Crippen LogP contribution in [-0.2, 0) is 6.42 Å². The Balaban J connectivity index is 1.54. The molecule has 3 heterocycles. The van der Waals surface area contributed by atoms with Gasteiger partial charge in [0.1, 0.15) is 0 Å². The molecule has 2 fully saturated rings. The van der Waals surface area contributed by atoms with Crippen molar-refractivity contribution in [3.05, 3.63) is 48.7 Å². The summed E-state index contributed by atoms with van der Waals surface area (Å²) in [5.74, 6) is 1.74. The topological polar surface area (TPSA) is 93.7 Å². The molecule has 142 valence electrons. The molecule has 3 aromatic heterocycles. The predicted octanol–water partition coefficient (Wildman–Crippen LogP) is 3.55. The van der Waals surface area contributed by atoms with E-state index >= 15 is 0 Å². The lowest BCUT2D eigenvalue weighted by molar-refractivity contribution is 0.407. The van der Waals surface area contributed by atoms with Crippen LogP contribution in [0.25, 0.3) is 11.3 Å². The van der Waals surface area contributed by atoms with Gasteiger partial charge >= 0.3 is 0 Å². The number of aromatic nitrogens is 5. The van der Waals surface area contributed by atoms with Gasteiger partial charge < -0.3 is 10.6 Å². The van der Waals surface area contributed by atoms with Crippen LogP contribution in [0.4, 0.5) is 17.6 Å². The van der Waals surface area contributed by atoms with Gasteiger partial charge in [-0.25, -0.2) is 19.9 Å². The quantitative estimate of drug-likeness (QED) is 0.706. The van der Waals surface area contributed by atoms with Crippen LogP contribution in [0, 0.1) is 5.92 Å². The normalized spacial score (nSPS) is 16.6. The smallest absolute Gasteiger partial charge is 0.230 e. The molecule has 2 aliphatic rings. The Morgan fingerprint density at radius 2 is 1.79 bits per heavy atom. The van der Waals surface area contributed by atoms with E-state index in [2.05, 4.69) is 24.8 Å². The minimum atomic E-state index is 0.321. The summed E-state index contributed by atoms with van der Waals surface area (Å²) in [4.78, 5) is 24.6. The van der Waals surface area contributed by atoms with Crippen molar-refractivity contribution in [2.45, 2.75) is 44.6 Å². The minimum absolute atomic E-state index is 0.321. The number of anilines is 3. The molecule has 0 atom stereocenters. The molecule has 0 aliphatic heterocycles. The van der Waals surface area contributed by atoms with E-state index in [1.165, 1.54) is 19.3 Å². The first-order chi connectivity index (χ1) is 13.8. The van der Waals surface area contributed by atoms with E-state index in [-0.39, 0.29) is 0 Å². The molecule has 28 heavy (non-hydrogen) atoms. The zero-order valence-corrected chi connectivity index (χ0v) is 15.7. The van der Waals surface area contributed by atoms with Crippen molar-refractivity contribution in [1.29, 1.82) is 0 Å². The van der Waals surface area contributed by atoms with Crippen molar-refractivity contribution in [3.8, 4) is 11.3 Å². The summed E-state index contributed by atoms with van der Waals surface area (Å²) in [5.41, 5.74) is 9.71. The van der Waals surface area contributed by atoms with Gasteiger partial charge in [-0.3, -0.25) is 4.98 Å². The fraction of sp³-hybridized carbons (Fsp3) is 0.381. The monoisotopic (exact) mass is 373 g/mol. The van der Waals surface area contributed by atoms with Crippen LogP contribution in [0.3, 0.4) is 0 Å². The van der Waals surface area contributed by atoms with Crippen molar-refractivity contribution in [2.24, 2.45) is 5.92 Å². The Kier molecular flexibility index (Phi) is 4.35. The summed E-state index contributed by atoms with van der Waals surface area (Å²) in [6, 6.07) is 6.38. The first kappa shape index (κ1) is 17.0. The highest BCUT2D eigenvalue weighted by Crippen LogP contribution is 2.37. The van der Waals surface area contributed by atoms with E-state index in [0.29, 0.717) is 23.9 Å². The maximum atomic E-state index is 5.85. The molecule has 5 rings (SSSR count). The van der Waals surface area contributed by atoms with E-state index in [9.17, 15) is 0 Å². The van der Waals surface area contributed by atoms with E-state index < -0.39 is 0 Å². The lowest BCUT2D eigenvalue weighted by Crippen LogP contribution is -2.37. The van der Waals surface area contributed by atoms with Crippen molar-refractivity contribution in [3.63, 3.8) is 0 Å². The van der Waals surface area contributed by atoms with Gasteiger partial charge in [-0.05, 0) is 62.6 Å². The zero-order chi connectivity index (χ0) is 18.9. The lowest BCUT2D eigenvalue weighted by atomic mass is 9.91. The number of hydrogen-bond acceptors (Lipinski definition) is 7. The number of nitrogens with two attached hydrogens (primary N) is 1. The number of pyridine rings is 1. The van der Waals surface area contributed by atoms with Gasteiger partial charge in [0, 0.05) is 42.1 Å². The van der Waals surface area contributed by atoms with Gasteiger partial charge in [0.25, 0.3) is 0 Å². The van der Waals surface area contributed by atoms with Crippen LogP contribution in [0.15, 0.2) is 43.0 Å². The Labute approximate surface area is 164 Å². The van der Waals surface area contributed by atoms with Crippen LogP contribution >= 0.6 is 0 Å². The second kappa shape index (κ2) is 7.14. The van der Waals surface area contributed by atoms with Crippen LogP contribution in [0.1, 0.15) is 37.8 Å². The molecule has 2 N–H and O–H groups in total. The van der Waals surface area contributed by atoms with Gasteiger partial charge in [-0.1, -0.05) is 0 Å². The van der Waals surface area contributed by atoms with Gasteiger partial charge in [0.05, 0.1) is 11.4 Å². The first-order valence-electron chi connectivity index (χ1n) is 9.92. The zero-order valence-electron chi connectivity index (χ0n) is 15.7. The Morgan fingerprint density at radius 3 is 2.50 bits per heavy atom. The second-order valence-corrected chi connectivity index (χ2v) is 7.64. The van der Waals surface area contributed by atoms with E-state index in [1.54, 1.807) is 6.20 Å². The maximum Gasteiger partial charge on any atom is 0.230 e. The van der Waals surface area contributed by atoms with E-state index in [1.807, 2.05) is 36.8 Å². The Hall–Kier alpha value is -3.09. The summed E-state index contributed by atoms with van der Waals surface area (Å²) < 4.78 is 0. The molecule has 0 radical (unpaired) electrons. The Morgan fingerprint density at radius 1 is 0.964 bits per heavy atom. The van der Waals surface area contributed by atoms with Gasteiger partial charge in [0.15, 0.2) is 0 Å². The summed E-state index contributed by atoms with van der Waals surface area (Å²) in [5, 5.41) is 0. The summed E-state index contributed by atoms with van der Waals surface area (Å²) in [7, 11) is 0. The minimum Gasteiger partial charge on any atom is -0.368 e. The van der Waals surface area contributed by atoms with Crippen molar-refractivity contribution in [2.75, 3.05) is 10.6 Å². The van der Waals surface area contributed by atoms with Crippen molar-refractivity contribution < 1.29 is 0 Å². The molecule has 0 saturated heterocycles. The van der Waals surface area contributed by atoms with E-state index in [4.69, 9.17) is 10.7 Å².